The zero-order chi connectivity index (χ0) is 8.20. The zero-order valence-electron chi connectivity index (χ0n) is 5.74. The zero-order valence-corrected chi connectivity index (χ0v) is 6.64. The summed E-state index contributed by atoms with van der Waals surface area (Å²) in [5.41, 5.74) is -1.00. The molecule has 0 aliphatic carbocycles. The van der Waals surface area contributed by atoms with Crippen molar-refractivity contribution in [2.24, 2.45) is 0 Å². The van der Waals surface area contributed by atoms with Crippen LogP contribution in [0.1, 0.15) is 19.8 Å². The molecule has 0 rings (SSSR count). The first-order valence-corrected chi connectivity index (χ1v) is 4.68. The Morgan fingerprint density at radius 2 is 2.20 bits per heavy atom. The molecule has 0 fully saturated rings. The lowest BCUT2D eigenvalue weighted by Crippen LogP contribution is -2.03. The second kappa shape index (κ2) is 3.78. The summed E-state index contributed by atoms with van der Waals surface area (Å²) in [6.07, 6.45) is 7.56. The molecule has 0 heterocycles. The Kier molecular flexibility index (Phi) is 3.67. The molecule has 0 bridgehead atoms. The lowest BCUT2D eigenvalue weighted by Gasteiger charge is -2.09. The molecule has 0 aromatic rings. The van der Waals surface area contributed by atoms with Crippen LogP contribution in [0.5, 0.6) is 0 Å². The molecule has 0 aromatic carbocycles. The first kappa shape index (κ1) is 9.71. The van der Waals surface area contributed by atoms with Crippen LogP contribution in [-0.4, -0.2) is 15.4 Å². The minimum atomic E-state index is -4.09. The Morgan fingerprint density at radius 1 is 1.70 bits per heavy atom. The van der Waals surface area contributed by atoms with Crippen LogP contribution in [0, 0.1) is 12.3 Å². The van der Waals surface area contributed by atoms with Gasteiger partial charge >= 0.3 is 7.60 Å². The molecule has 10 heavy (non-hydrogen) atoms. The standard InChI is InChI=1S/C6H10O3P/c1-3-5-6(4-2)10(7,8)9/h6H,3,5H2,1H3,(H2,7,8,9). The number of hydrogen-bond donors (Lipinski definition) is 2. The monoisotopic (exact) mass is 161 g/mol. The van der Waals surface area contributed by atoms with Crippen LogP contribution in [0.2, 0.25) is 0 Å². The van der Waals surface area contributed by atoms with Crippen LogP contribution in [0.4, 0.5) is 0 Å². The summed E-state index contributed by atoms with van der Waals surface area (Å²) < 4.78 is 10.5. The van der Waals surface area contributed by atoms with E-state index in [-0.39, 0.29) is 0 Å². The minimum Gasteiger partial charge on any atom is -0.324 e. The highest BCUT2D eigenvalue weighted by atomic mass is 31.2. The van der Waals surface area contributed by atoms with Crippen molar-refractivity contribution in [3.05, 3.63) is 6.42 Å². The Hall–Kier alpha value is -0.290. The van der Waals surface area contributed by atoms with Gasteiger partial charge in [0.1, 0.15) is 5.66 Å². The molecule has 0 amide bonds. The molecule has 0 saturated heterocycles. The maximum absolute atomic E-state index is 10.5. The van der Waals surface area contributed by atoms with Crippen molar-refractivity contribution < 1.29 is 14.4 Å². The van der Waals surface area contributed by atoms with Crippen molar-refractivity contribution in [3.63, 3.8) is 0 Å². The van der Waals surface area contributed by atoms with Gasteiger partial charge in [-0.25, -0.2) is 0 Å². The lowest BCUT2D eigenvalue weighted by atomic mass is 10.2. The van der Waals surface area contributed by atoms with E-state index < -0.39 is 13.3 Å². The quantitative estimate of drug-likeness (QED) is 0.478. The molecule has 0 aliphatic heterocycles. The van der Waals surface area contributed by atoms with Crippen molar-refractivity contribution in [1.29, 1.82) is 0 Å². The fourth-order valence-electron chi connectivity index (χ4n) is 0.598. The highest BCUT2D eigenvalue weighted by Gasteiger charge is 2.25. The predicted octanol–water partition coefficient (Wildman–Crippen LogP) is 0.923. The third-order valence-corrected chi connectivity index (χ3v) is 2.33. The van der Waals surface area contributed by atoms with Crippen molar-refractivity contribution in [2.45, 2.75) is 25.4 Å². The Morgan fingerprint density at radius 3 is 2.30 bits per heavy atom. The van der Waals surface area contributed by atoms with Crippen LogP contribution >= 0.6 is 7.60 Å². The van der Waals surface area contributed by atoms with E-state index in [0.29, 0.717) is 12.8 Å². The molecule has 1 atom stereocenters. The number of rotatable bonds is 3. The smallest absolute Gasteiger partial charge is 0.324 e. The first-order chi connectivity index (χ1) is 4.52. The topological polar surface area (TPSA) is 57.5 Å². The largest absolute Gasteiger partial charge is 0.340 e. The Bertz CT molecular complexity index is 176. The van der Waals surface area contributed by atoms with E-state index in [1.54, 1.807) is 6.92 Å². The van der Waals surface area contributed by atoms with Gasteiger partial charge in [0.05, 0.1) is 0 Å². The normalized spacial score (nSPS) is 14.2. The summed E-state index contributed by atoms with van der Waals surface area (Å²) in [7, 11) is -4.09. The van der Waals surface area contributed by atoms with Gasteiger partial charge in [-0.05, 0) is 12.8 Å². The summed E-state index contributed by atoms with van der Waals surface area (Å²) in [6.45, 7) is 1.81. The van der Waals surface area contributed by atoms with Gasteiger partial charge in [-0.3, -0.25) is 4.57 Å². The molecule has 3 nitrogen and oxygen atoms in total. The summed E-state index contributed by atoms with van der Waals surface area (Å²) >= 11 is 0. The maximum Gasteiger partial charge on any atom is 0.340 e. The molecular weight excluding hydrogens is 151 g/mol. The molecule has 1 unspecified atom stereocenters. The third-order valence-electron chi connectivity index (χ3n) is 1.13. The molecule has 0 aliphatic rings. The van der Waals surface area contributed by atoms with Gasteiger partial charge in [-0.15, -0.1) is 0 Å². The van der Waals surface area contributed by atoms with E-state index >= 15 is 0 Å². The van der Waals surface area contributed by atoms with E-state index in [1.165, 1.54) is 0 Å². The summed E-state index contributed by atoms with van der Waals surface area (Å²) in [6, 6.07) is 0. The highest BCUT2D eigenvalue weighted by molar-refractivity contribution is 7.52. The van der Waals surface area contributed by atoms with Crippen LogP contribution < -0.4 is 0 Å². The fraction of sp³-hybridized carbons (Fsp3) is 0.667. The molecule has 0 spiro atoms. The first-order valence-electron chi connectivity index (χ1n) is 2.99. The average Bonchev–Trinajstić information content (AvgIpc) is 1.80. The Labute approximate surface area is 60.6 Å². The van der Waals surface area contributed by atoms with Crippen molar-refractivity contribution >= 4 is 7.60 Å². The van der Waals surface area contributed by atoms with E-state index in [2.05, 4.69) is 0 Å². The van der Waals surface area contributed by atoms with Crippen LogP contribution in [-0.2, 0) is 4.57 Å². The van der Waals surface area contributed by atoms with Crippen molar-refractivity contribution in [1.82, 2.24) is 0 Å². The molecule has 4 heteroatoms. The summed E-state index contributed by atoms with van der Waals surface area (Å²) in [5, 5.41) is 0. The minimum absolute atomic E-state index is 0.327. The van der Waals surface area contributed by atoms with Gasteiger partial charge in [0, 0.05) is 0 Å². The third kappa shape index (κ3) is 3.03. The van der Waals surface area contributed by atoms with Crippen molar-refractivity contribution in [3.8, 4) is 5.92 Å². The molecule has 0 saturated carbocycles. The predicted molar refractivity (Wildman–Crippen MR) is 37.9 cm³/mol. The summed E-state index contributed by atoms with van der Waals surface area (Å²) in [4.78, 5) is 17.1. The van der Waals surface area contributed by atoms with Gasteiger partial charge in [-0.1, -0.05) is 19.3 Å². The second-order valence-corrected chi connectivity index (χ2v) is 3.84. The molecule has 2 N–H and O–H groups in total. The number of hydrogen-bond acceptors (Lipinski definition) is 1. The van der Waals surface area contributed by atoms with Gasteiger partial charge in [-0.2, -0.15) is 0 Å². The molecular formula is C6H10O3P. The second-order valence-electron chi connectivity index (χ2n) is 2.04. The summed E-state index contributed by atoms with van der Waals surface area (Å²) in [5.74, 6) is 1.83. The van der Waals surface area contributed by atoms with Crippen LogP contribution in [0.15, 0.2) is 0 Å². The SMILES string of the molecule is [C]#CC(CCC)P(=O)(O)O. The van der Waals surface area contributed by atoms with Gasteiger partial charge < -0.3 is 9.79 Å². The fourth-order valence-corrected chi connectivity index (χ4v) is 1.36. The van der Waals surface area contributed by atoms with E-state index in [0.717, 1.165) is 0 Å². The van der Waals surface area contributed by atoms with E-state index in [1.807, 2.05) is 5.92 Å². The van der Waals surface area contributed by atoms with Crippen molar-refractivity contribution in [2.75, 3.05) is 0 Å². The van der Waals surface area contributed by atoms with Gasteiger partial charge in [0.2, 0.25) is 0 Å². The molecule has 0 aromatic heterocycles. The van der Waals surface area contributed by atoms with Gasteiger partial charge in [0.25, 0.3) is 0 Å². The van der Waals surface area contributed by atoms with E-state index in [9.17, 15) is 4.57 Å². The molecule has 1 radical (unpaired) electrons. The van der Waals surface area contributed by atoms with Gasteiger partial charge in [0.15, 0.2) is 0 Å². The Balaban J connectivity index is 4.12. The highest BCUT2D eigenvalue weighted by Crippen LogP contribution is 2.42. The van der Waals surface area contributed by atoms with Crippen LogP contribution in [0.3, 0.4) is 0 Å². The van der Waals surface area contributed by atoms with E-state index in [4.69, 9.17) is 16.2 Å². The average molecular weight is 161 g/mol. The maximum atomic E-state index is 10.5. The molecule has 57 valence electrons. The van der Waals surface area contributed by atoms with Crippen LogP contribution in [0.25, 0.3) is 0 Å². The lowest BCUT2D eigenvalue weighted by molar-refractivity contribution is 0.363.